The van der Waals surface area contributed by atoms with E-state index >= 15 is 0 Å². The van der Waals surface area contributed by atoms with Crippen molar-refractivity contribution in [3.05, 3.63) is 48.8 Å². The zero-order valence-electron chi connectivity index (χ0n) is 10.1. The second-order valence-corrected chi connectivity index (χ2v) is 3.06. The number of rotatable bonds is 2. The lowest BCUT2D eigenvalue weighted by atomic mass is 10.1. The second-order valence-electron chi connectivity index (χ2n) is 3.06. The third kappa shape index (κ3) is 3.09. The number of nitrogens with one attached hydrogen (secondary N) is 1. The highest BCUT2D eigenvalue weighted by atomic mass is 14.8. The predicted octanol–water partition coefficient (Wildman–Crippen LogP) is 3.82. The molecule has 0 unspecified atom stereocenters. The van der Waals surface area contributed by atoms with Gasteiger partial charge in [0, 0.05) is 25.1 Å². The van der Waals surface area contributed by atoms with Crippen LogP contribution in [0.4, 0.5) is 5.69 Å². The number of nitrogens with zero attached hydrogens (tertiary/aromatic N) is 1. The Kier molecular flexibility index (Phi) is 5.06. The molecule has 0 atom stereocenters. The van der Waals surface area contributed by atoms with Gasteiger partial charge in [0.05, 0.1) is 0 Å². The van der Waals surface area contributed by atoms with Gasteiger partial charge in [0.1, 0.15) is 0 Å². The van der Waals surface area contributed by atoms with Crippen LogP contribution >= 0.6 is 0 Å². The molecule has 0 fully saturated rings. The van der Waals surface area contributed by atoms with Crippen LogP contribution in [0.15, 0.2) is 48.8 Å². The van der Waals surface area contributed by atoms with Gasteiger partial charge in [-0.2, -0.15) is 0 Å². The fraction of sp³-hybridized carbons (Fsp3) is 0.214. The summed E-state index contributed by atoms with van der Waals surface area (Å²) in [4.78, 5) is 3.99. The molecule has 2 heteroatoms. The minimum atomic E-state index is 1.13. The van der Waals surface area contributed by atoms with Crippen LogP contribution in [0.25, 0.3) is 11.1 Å². The predicted molar refractivity (Wildman–Crippen MR) is 70.6 cm³/mol. The molecule has 1 N–H and O–H groups in total. The molecular weight excluding hydrogens is 196 g/mol. The van der Waals surface area contributed by atoms with Gasteiger partial charge in [-0.25, -0.2) is 0 Å². The van der Waals surface area contributed by atoms with Gasteiger partial charge in [0.15, 0.2) is 0 Å². The molecule has 1 aromatic heterocycles. The van der Waals surface area contributed by atoms with Crippen molar-refractivity contribution in [2.45, 2.75) is 13.8 Å². The summed E-state index contributed by atoms with van der Waals surface area (Å²) in [7, 11) is 1.92. The van der Waals surface area contributed by atoms with E-state index in [1.54, 1.807) is 12.4 Å². The lowest BCUT2D eigenvalue weighted by Crippen LogP contribution is -1.86. The van der Waals surface area contributed by atoms with Crippen molar-refractivity contribution in [1.29, 1.82) is 0 Å². The molecule has 0 saturated carbocycles. The number of hydrogen-bond acceptors (Lipinski definition) is 2. The molecular formula is C14H18N2. The Balaban J connectivity index is 0.000000606. The molecule has 0 spiro atoms. The molecule has 2 aromatic rings. The number of benzene rings is 1. The van der Waals surface area contributed by atoms with Crippen LogP contribution in [0.5, 0.6) is 0 Å². The molecule has 0 saturated heterocycles. The topological polar surface area (TPSA) is 24.9 Å². The van der Waals surface area contributed by atoms with Crippen molar-refractivity contribution in [1.82, 2.24) is 4.98 Å². The number of pyridine rings is 1. The molecule has 0 bridgehead atoms. The zero-order chi connectivity index (χ0) is 11.8. The minimum absolute atomic E-state index is 1.13. The SMILES string of the molecule is CC.CNc1ccc(-c2ccncc2)cc1. The molecule has 0 radical (unpaired) electrons. The van der Waals surface area contributed by atoms with Crippen LogP contribution in [0.2, 0.25) is 0 Å². The lowest BCUT2D eigenvalue weighted by Gasteiger charge is -2.03. The Labute approximate surface area is 97.4 Å². The summed E-state index contributed by atoms with van der Waals surface area (Å²) >= 11 is 0. The quantitative estimate of drug-likeness (QED) is 0.822. The Bertz CT molecular complexity index is 393. The van der Waals surface area contributed by atoms with Gasteiger partial charge in [0.25, 0.3) is 0 Å². The maximum absolute atomic E-state index is 3.99. The van der Waals surface area contributed by atoms with E-state index in [0.29, 0.717) is 0 Å². The Morgan fingerprint density at radius 3 is 1.81 bits per heavy atom. The van der Waals surface area contributed by atoms with E-state index in [9.17, 15) is 0 Å². The molecule has 2 nitrogen and oxygen atoms in total. The van der Waals surface area contributed by atoms with Gasteiger partial charge in [-0.1, -0.05) is 26.0 Å². The highest BCUT2D eigenvalue weighted by Crippen LogP contribution is 2.19. The largest absolute Gasteiger partial charge is 0.388 e. The van der Waals surface area contributed by atoms with Gasteiger partial charge >= 0.3 is 0 Å². The Morgan fingerprint density at radius 1 is 0.812 bits per heavy atom. The molecule has 0 amide bonds. The summed E-state index contributed by atoms with van der Waals surface area (Å²) in [5.74, 6) is 0. The van der Waals surface area contributed by atoms with Gasteiger partial charge < -0.3 is 5.32 Å². The van der Waals surface area contributed by atoms with Crippen molar-refractivity contribution in [2.24, 2.45) is 0 Å². The first-order chi connectivity index (χ1) is 7.90. The molecule has 1 aromatic carbocycles. The average Bonchev–Trinajstić information content (AvgIpc) is 2.42. The van der Waals surface area contributed by atoms with Crippen molar-refractivity contribution >= 4 is 5.69 Å². The van der Waals surface area contributed by atoms with Gasteiger partial charge in [0.2, 0.25) is 0 Å². The maximum Gasteiger partial charge on any atom is 0.0337 e. The summed E-state index contributed by atoms with van der Waals surface area (Å²) in [5, 5.41) is 3.09. The Morgan fingerprint density at radius 2 is 1.31 bits per heavy atom. The summed E-state index contributed by atoms with van der Waals surface area (Å²) in [6, 6.07) is 12.3. The fourth-order valence-corrected chi connectivity index (χ4v) is 1.37. The number of anilines is 1. The third-order valence-corrected chi connectivity index (χ3v) is 2.19. The van der Waals surface area contributed by atoms with Crippen molar-refractivity contribution in [2.75, 3.05) is 12.4 Å². The summed E-state index contributed by atoms with van der Waals surface area (Å²) < 4.78 is 0. The Hall–Kier alpha value is -1.83. The second kappa shape index (κ2) is 6.62. The summed E-state index contributed by atoms with van der Waals surface area (Å²) in [5.41, 5.74) is 3.54. The molecule has 84 valence electrons. The normalized spacial score (nSPS) is 8.94. The van der Waals surface area contributed by atoms with Crippen LogP contribution < -0.4 is 5.32 Å². The first-order valence-corrected chi connectivity index (χ1v) is 5.58. The van der Waals surface area contributed by atoms with Crippen molar-refractivity contribution in [3.8, 4) is 11.1 Å². The van der Waals surface area contributed by atoms with E-state index in [4.69, 9.17) is 0 Å². The summed E-state index contributed by atoms with van der Waals surface area (Å²) in [6.45, 7) is 4.00. The first kappa shape index (κ1) is 12.2. The van der Waals surface area contributed by atoms with E-state index < -0.39 is 0 Å². The van der Waals surface area contributed by atoms with Crippen molar-refractivity contribution in [3.63, 3.8) is 0 Å². The highest BCUT2D eigenvalue weighted by molar-refractivity contribution is 5.65. The minimum Gasteiger partial charge on any atom is -0.388 e. The van der Waals surface area contributed by atoms with Crippen LogP contribution in [0.1, 0.15) is 13.8 Å². The zero-order valence-corrected chi connectivity index (χ0v) is 10.1. The van der Waals surface area contributed by atoms with Gasteiger partial charge in [-0.05, 0) is 35.4 Å². The van der Waals surface area contributed by atoms with E-state index in [2.05, 4.69) is 34.6 Å². The van der Waals surface area contributed by atoms with E-state index in [0.717, 1.165) is 5.69 Å². The standard InChI is InChI=1S/C12H12N2.C2H6/c1-13-12-4-2-10(3-5-12)11-6-8-14-9-7-11;1-2/h2-9,13H,1H3;1-2H3. The molecule has 0 aliphatic carbocycles. The summed E-state index contributed by atoms with van der Waals surface area (Å²) in [6.07, 6.45) is 3.61. The number of aromatic nitrogens is 1. The van der Waals surface area contributed by atoms with Crippen molar-refractivity contribution < 1.29 is 0 Å². The average molecular weight is 214 g/mol. The van der Waals surface area contributed by atoms with E-state index in [1.165, 1.54) is 11.1 Å². The molecule has 0 aliphatic heterocycles. The first-order valence-electron chi connectivity index (χ1n) is 5.58. The fourth-order valence-electron chi connectivity index (χ4n) is 1.37. The molecule has 1 heterocycles. The lowest BCUT2D eigenvalue weighted by molar-refractivity contribution is 1.33. The van der Waals surface area contributed by atoms with Crippen LogP contribution in [-0.2, 0) is 0 Å². The smallest absolute Gasteiger partial charge is 0.0337 e. The molecule has 0 aliphatic rings. The monoisotopic (exact) mass is 214 g/mol. The van der Waals surface area contributed by atoms with Gasteiger partial charge in [-0.3, -0.25) is 4.98 Å². The molecule has 16 heavy (non-hydrogen) atoms. The highest BCUT2D eigenvalue weighted by Gasteiger charge is 1.95. The van der Waals surface area contributed by atoms with Crippen LogP contribution in [0.3, 0.4) is 0 Å². The van der Waals surface area contributed by atoms with Gasteiger partial charge in [-0.15, -0.1) is 0 Å². The third-order valence-electron chi connectivity index (χ3n) is 2.19. The van der Waals surface area contributed by atoms with E-state index in [1.807, 2.05) is 33.0 Å². The maximum atomic E-state index is 3.99. The van der Waals surface area contributed by atoms with Crippen LogP contribution in [-0.4, -0.2) is 12.0 Å². The van der Waals surface area contributed by atoms with E-state index in [-0.39, 0.29) is 0 Å². The number of hydrogen-bond donors (Lipinski definition) is 1. The van der Waals surface area contributed by atoms with Crippen LogP contribution in [0, 0.1) is 0 Å². The molecule has 2 rings (SSSR count).